The SMILES string of the molecule is O=C(NCCSCCCO)c1ccc(CCl)cc1. The molecule has 0 aromatic heterocycles. The number of aliphatic hydroxyl groups excluding tert-OH is 1. The number of benzene rings is 1. The lowest BCUT2D eigenvalue weighted by molar-refractivity contribution is 0.0956. The molecule has 0 unspecified atom stereocenters. The summed E-state index contributed by atoms with van der Waals surface area (Å²) in [4.78, 5) is 11.7. The van der Waals surface area contributed by atoms with Crippen molar-refractivity contribution in [3.63, 3.8) is 0 Å². The van der Waals surface area contributed by atoms with Crippen molar-refractivity contribution in [1.82, 2.24) is 5.32 Å². The van der Waals surface area contributed by atoms with Gasteiger partial charge < -0.3 is 10.4 Å². The van der Waals surface area contributed by atoms with Gasteiger partial charge in [-0.25, -0.2) is 0 Å². The maximum Gasteiger partial charge on any atom is 0.251 e. The lowest BCUT2D eigenvalue weighted by Gasteiger charge is -2.05. The highest BCUT2D eigenvalue weighted by Crippen LogP contribution is 2.07. The number of hydrogen-bond acceptors (Lipinski definition) is 3. The number of thioether (sulfide) groups is 1. The Morgan fingerprint density at radius 3 is 2.61 bits per heavy atom. The fraction of sp³-hybridized carbons (Fsp3) is 0.462. The Morgan fingerprint density at radius 1 is 1.28 bits per heavy atom. The molecular formula is C13H18ClNO2S. The van der Waals surface area contributed by atoms with Crippen LogP contribution in [0, 0.1) is 0 Å². The topological polar surface area (TPSA) is 49.3 Å². The molecule has 0 aliphatic carbocycles. The summed E-state index contributed by atoms with van der Waals surface area (Å²) in [6.07, 6.45) is 0.804. The fourth-order valence-corrected chi connectivity index (χ4v) is 2.31. The highest BCUT2D eigenvalue weighted by molar-refractivity contribution is 7.99. The van der Waals surface area contributed by atoms with Crippen LogP contribution in [-0.2, 0) is 5.88 Å². The van der Waals surface area contributed by atoms with Crippen molar-refractivity contribution in [2.75, 3.05) is 24.7 Å². The Labute approximate surface area is 117 Å². The van der Waals surface area contributed by atoms with Gasteiger partial charge in [-0.1, -0.05) is 12.1 Å². The van der Waals surface area contributed by atoms with E-state index in [2.05, 4.69) is 5.32 Å². The van der Waals surface area contributed by atoms with Crippen LogP contribution < -0.4 is 5.32 Å². The minimum absolute atomic E-state index is 0.0566. The van der Waals surface area contributed by atoms with E-state index in [0.29, 0.717) is 18.0 Å². The lowest BCUT2D eigenvalue weighted by atomic mass is 10.1. The van der Waals surface area contributed by atoms with E-state index in [9.17, 15) is 4.79 Å². The van der Waals surface area contributed by atoms with Crippen molar-refractivity contribution >= 4 is 29.3 Å². The molecule has 100 valence electrons. The predicted octanol–water partition coefficient (Wildman–Crippen LogP) is 2.27. The molecule has 0 bridgehead atoms. The first-order valence-electron chi connectivity index (χ1n) is 5.89. The largest absolute Gasteiger partial charge is 0.396 e. The molecule has 0 saturated carbocycles. The number of rotatable bonds is 8. The second-order valence-corrected chi connectivity index (χ2v) is 5.27. The summed E-state index contributed by atoms with van der Waals surface area (Å²) in [5.41, 5.74) is 1.66. The average Bonchev–Trinajstić information content (AvgIpc) is 2.42. The monoisotopic (exact) mass is 287 g/mol. The van der Waals surface area contributed by atoms with Crippen molar-refractivity contribution in [2.45, 2.75) is 12.3 Å². The van der Waals surface area contributed by atoms with Gasteiger partial charge in [-0.2, -0.15) is 11.8 Å². The molecule has 0 saturated heterocycles. The summed E-state index contributed by atoms with van der Waals surface area (Å²) < 4.78 is 0. The number of halogens is 1. The number of nitrogens with one attached hydrogen (secondary N) is 1. The molecule has 1 amide bonds. The molecule has 0 radical (unpaired) electrons. The van der Waals surface area contributed by atoms with E-state index in [4.69, 9.17) is 16.7 Å². The van der Waals surface area contributed by atoms with Crippen molar-refractivity contribution < 1.29 is 9.90 Å². The molecule has 0 heterocycles. The van der Waals surface area contributed by atoms with E-state index < -0.39 is 0 Å². The number of carbonyl (C=O) groups excluding carboxylic acids is 1. The Bertz CT molecular complexity index is 357. The number of aliphatic hydroxyl groups is 1. The van der Waals surface area contributed by atoms with Crippen LogP contribution in [0.4, 0.5) is 0 Å². The molecule has 0 spiro atoms. The molecule has 1 rings (SSSR count). The zero-order valence-electron chi connectivity index (χ0n) is 10.2. The molecule has 0 aliphatic heterocycles. The summed E-state index contributed by atoms with van der Waals surface area (Å²) in [7, 11) is 0. The minimum Gasteiger partial charge on any atom is -0.396 e. The fourth-order valence-electron chi connectivity index (χ4n) is 1.35. The summed E-state index contributed by atoms with van der Waals surface area (Å²) >= 11 is 7.41. The molecule has 0 aliphatic rings. The van der Waals surface area contributed by atoms with Crippen molar-refractivity contribution in [1.29, 1.82) is 0 Å². The minimum atomic E-state index is -0.0566. The number of hydrogen-bond donors (Lipinski definition) is 2. The average molecular weight is 288 g/mol. The van der Waals surface area contributed by atoms with Gasteiger partial charge in [0.1, 0.15) is 0 Å². The number of alkyl halides is 1. The van der Waals surface area contributed by atoms with Crippen LogP contribution in [0.15, 0.2) is 24.3 Å². The van der Waals surface area contributed by atoms with Crippen molar-refractivity contribution in [3.8, 4) is 0 Å². The third-order valence-corrected chi connectivity index (χ3v) is 3.73. The Kier molecular flexibility index (Phi) is 7.89. The first kappa shape index (κ1) is 15.3. The van der Waals surface area contributed by atoms with E-state index in [1.807, 2.05) is 12.1 Å². The van der Waals surface area contributed by atoms with Crippen molar-refractivity contribution in [3.05, 3.63) is 35.4 Å². The molecule has 2 N–H and O–H groups in total. The quantitative estimate of drug-likeness (QED) is 0.570. The molecule has 0 fully saturated rings. The van der Waals surface area contributed by atoms with Crippen LogP contribution in [0.1, 0.15) is 22.3 Å². The maximum atomic E-state index is 11.7. The summed E-state index contributed by atoms with van der Waals surface area (Å²) in [6, 6.07) is 7.29. The van der Waals surface area contributed by atoms with Gasteiger partial charge in [-0.3, -0.25) is 4.79 Å². The van der Waals surface area contributed by atoms with E-state index in [0.717, 1.165) is 23.5 Å². The first-order chi connectivity index (χ1) is 8.77. The zero-order chi connectivity index (χ0) is 13.2. The summed E-state index contributed by atoms with van der Waals surface area (Å²) in [5, 5.41) is 11.5. The maximum absolute atomic E-state index is 11.7. The number of amides is 1. The van der Waals surface area contributed by atoms with Gasteiger partial charge >= 0.3 is 0 Å². The van der Waals surface area contributed by atoms with Gasteiger partial charge in [0.2, 0.25) is 0 Å². The third-order valence-electron chi connectivity index (χ3n) is 2.35. The van der Waals surface area contributed by atoms with E-state index in [1.165, 1.54) is 0 Å². The van der Waals surface area contributed by atoms with Crippen LogP contribution in [0.2, 0.25) is 0 Å². The van der Waals surface area contributed by atoms with Gasteiger partial charge in [-0.15, -0.1) is 11.6 Å². The summed E-state index contributed by atoms with van der Waals surface area (Å²) in [5.74, 6) is 2.20. The molecule has 5 heteroatoms. The molecular weight excluding hydrogens is 270 g/mol. The van der Waals surface area contributed by atoms with Crippen LogP contribution in [-0.4, -0.2) is 35.7 Å². The smallest absolute Gasteiger partial charge is 0.251 e. The van der Waals surface area contributed by atoms with E-state index >= 15 is 0 Å². The Hall–Kier alpha value is -0.710. The highest BCUT2D eigenvalue weighted by atomic mass is 35.5. The predicted molar refractivity (Wildman–Crippen MR) is 77.4 cm³/mol. The Balaban J connectivity index is 2.23. The van der Waals surface area contributed by atoms with E-state index in [-0.39, 0.29) is 12.5 Å². The van der Waals surface area contributed by atoms with Crippen molar-refractivity contribution in [2.24, 2.45) is 0 Å². The second-order valence-electron chi connectivity index (χ2n) is 3.78. The number of carbonyl (C=O) groups is 1. The standard InChI is InChI=1S/C13H18ClNO2S/c14-10-11-2-4-12(5-3-11)13(17)15-6-9-18-8-1-7-16/h2-5,16H,1,6-10H2,(H,15,17). The van der Waals surface area contributed by atoms with Gasteiger partial charge in [0.05, 0.1) is 0 Å². The zero-order valence-corrected chi connectivity index (χ0v) is 11.8. The Morgan fingerprint density at radius 2 is 2.00 bits per heavy atom. The first-order valence-corrected chi connectivity index (χ1v) is 7.58. The molecule has 1 aromatic carbocycles. The molecule has 0 atom stereocenters. The normalized spacial score (nSPS) is 10.3. The van der Waals surface area contributed by atoms with Crippen LogP contribution in [0.5, 0.6) is 0 Å². The molecule has 1 aromatic rings. The van der Waals surface area contributed by atoms with Gasteiger partial charge in [-0.05, 0) is 29.9 Å². The van der Waals surface area contributed by atoms with Gasteiger partial charge in [0.25, 0.3) is 5.91 Å². The lowest BCUT2D eigenvalue weighted by Crippen LogP contribution is -2.25. The van der Waals surface area contributed by atoms with Crippen LogP contribution in [0.25, 0.3) is 0 Å². The van der Waals surface area contributed by atoms with Crippen LogP contribution >= 0.6 is 23.4 Å². The molecule has 3 nitrogen and oxygen atoms in total. The highest BCUT2D eigenvalue weighted by Gasteiger charge is 2.04. The second kappa shape index (κ2) is 9.25. The van der Waals surface area contributed by atoms with Gasteiger partial charge in [0.15, 0.2) is 0 Å². The van der Waals surface area contributed by atoms with E-state index in [1.54, 1.807) is 23.9 Å². The summed E-state index contributed by atoms with van der Waals surface area (Å²) in [6.45, 7) is 0.873. The molecule has 18 heavy (non-hydrogen) atoms. The van der Waals surface area contributed by atoms with Crippen LogP contribution in [0.3, 0.4) is 0 Å². The van der Waals surface area contributed by atoms with Gasteiger partial charge in [0, 0.05) is 30.3 Å². The third kappa shape index (κ3) is 5.76.